The van der Waals surface area contributed by atoms with Crippen molar-refractivity contribution < 1.29 is 27.5 Å². The van der Waals surface area contributed by atoms with Crippen LogP contribution in [0.3, 0.4) is 0 Å². The SMILES string of the molecule is CCOC(=O)c1nc2ccccc2nc1N1CCCN(C(=O)c2ccc(C(F)(F)F)nc2C)CC1. The topological polar surface area (TPSA) is 88.5 Å². The average molecular weight is 487 g/mol. The molecule has 0 spiro atoms. The molecule has 8 nitrogen and oxygen atoms in total. The third kappa shape index (κ3) is 5.18. The number of esters is 1. The van der Waals surface area contributed by atoms with Crippen molar-refractivity contribution in [2.75, 3.05) is 37.7 Å². The van der Waals surface area contributed by atoms with Gasteiger partial charge in [0, 0.05) is 26.2 Å². The van der Waals surface area contributed by atoms with E-state index in [2.05, 4.69) is 15.0 Å². The van der Waals surface area contributed by atoms with E-state index in [1.807, 2.05) is 11.0 Å². The number of pyridine rings is 1. The minimum atomic E-state index is -4.58. The second kappa shape index (κ2) is 9.85. The van der Waals surface area contributed by atoms with Gasteiger partial charge in [0.1, 0.15) is 5.69 Å². The summed E-state index contributed by atoms with van der Waals surface area (Å²) in [5.41, 5.74) is 0.415. The number of carbonyl (C=O) groups is 2. The van der Waals surface area contributed by atoms with E-state index in [-0.39, 0.29) is 36.0 Å². The Bertz CT molecular complexity index is 1260. The Morgan fingerprint density at radius 2 is 1.69 bits per heavy atom. The molecule has 2 aromatic heterocycles. The Hall–Kier alpha value is -3.76. The van der Waals surface area contributed by atoms with Gasteiger partial charge < -0.3 is 14.5 Å². The quantitative estimate of drug-likeness (QED) is 0.516. The number of amides is 1. The molecule has 0 N–H and O–H groups in total. The number of anilines is 1. The fourth-order valence-electron chi connectivity index (χ4n) is 4.00. The molecule has 0 saturated carbocycles. The van der Waals surface area contributed by atoms with Gasteiger partial charge in [-0.25, -0.2) is 19.7 Å². The highest BCUT2D eigenvalue weighted by Gasteiger charge is 2.33. The van der Waals surface area contributed by atoms with Crippen LogP contribution in [0.4, 0.5) is 19.0 Å². The molecule has 0 aliphatic carbocycles. The Kier molecular flexibility index (Phi) is 6.86. The monoisotopic (exact) mass is 487 g/mol. The van der Waals surface area contributed by atoms with Gasteiger partial charge in [0.2, 0.25) is 0 Å². The number of hydrogen-bond acceptors (Lipinski definition) is 7. The molecular weight excluding hydrogens is 463 g/mol. The molecular formula is C24H24F3N5O3. The average Bonchev–Trinajstić information content (AvgIpc) is 3.08. The first-order valence-electron chi connectivity index (χ1n) is 11.2. The summed E-state index contributed by atoms with van der Waals surface area (Å²) < 4.78 is 44.0. The lowest BCUT2D eigenvalue weighted by Crippen LogP contribution is -2.36. The number of fused-ring (bicyclic) bond motifs is 1. The number of ether oxygens (including phenoxy) is 1. The van der Waals surface area contributed by atoms with Gasteiger partial charge >= 0.3 is 12.1 Å². The van der Waals surface area contributed by atoms with E-state index >= 15 is 0 Å². The van der Waals surface area contributed by atoms with E-state index in [0.717, 1.165) is 6.07 Å². The highest BCUT2D eigenvalue weighted by atomic mass is 19.4. The molecule has 1 aromatic carbocycles. The van der Waals surface area contributed by atoms with Crippen molar-refractivity contribution in [2.24, 2.45) is 0 Å². The van der Waals surface area contributed by atoms with Gasteiger partial charge in [-0.2, -0.15) is 13.2 Å². The van der Waals surface area contributed by atoms with Crippen molar-refractivity contribution in [3.05, 3.63) is 59.0 Å². The van der Waals surface area contributed by atoms with Crippen molar-refractivity contribution in [1.29, 1.82) is 0 Å². The summed E-state index contributed by atoms with van der Waals surface area (Å²) in [6.07, 6.45) is -4.01. The van der Waals surface area contributed by atoms with Gasteiger partial charge in [0.25, 0.3) is 5.91 Å². The van der Waals surface area contributed by atoms with Crippen LogP contribution in [0.1, 0.15) is 45.6 Å². The lowest BCUT2D eigenvalue weighted by atomic mass is 10.1. The zero-order valence-corrected chi connectivity index (χ0v) is 19.3. The van der Waals surface area contributed by atoms with E-state index in [9.17, 15) is 22.8 Å². The summed E-state index contributed by atoms with van der Waals surface area (Å²) in [7, 11) is 0. The standard InChI is InChI=1S/C24H24F3N5O3/c1-3-35-23(34)20-21(30-18-8-5-4-7-17(18)29-20)31-11-6-12-32(14-13-31)22(33)16-9-10-19(24(25,26)27)28-15(16)2/h4-5,7-10H,3,6,11-14H2,1-2H3. The number of hydrogen-bond donors (Lipinski definition) is 0. The highest BCUT2D eigenvalue weighted by molar-refractivity contribution is 5.96. The number of alkyl halides is 3. The lowest BCUT2D eigenvalue weighted by molar-refractivity contribution is -0.141. The van der Waals surface area contributed by atoms with E-state index < -0.39 is 17.8 Å². The first-order valence-corrected chi connectivity index (χ1v) is 11.2. The molecule has 184 valence electrons. The molecule has 3 aromatic rings. The number of nitrogens with zero attached hydrogens (tertiary/aromatic N) is 5. The maximum absolute atomic E-state index is 13.1. The Morgan fingerprint density at radius 3 is 2.34 bits per heavy atom. The van der Waals surface area contributed by atoms with Gasteiger partial charge in [0.05, 0.1) is 28.9 Å². The van der Waals surface area contributed by atoms with E-state index in [1.54, 1.807) is 30.0 Å². The van der Waals surface area contributed by atoms with Gasteiger partial charge in [-0.3, -0.25) is 4.79 Å². The van der Waals surface area contributed by atoms with Crippen LogP contribution in [-0.2, 0) is 10.9 Å². The van der Waals surface area contributed by atoms with Crippen LogP contribution in [0.15, 0.2) is 36.4 Å². The van der Waals surface area contributed by atoms with Crippen LogP contribution in [0.5, 0.6) is 0 Å². The Labute approximate surface area is 199 Å². The minimum absolute atomic E-state index is 0.0240. The number of para-hydroxylation sites is 2. The number of halogens is 3. The molecule has 11 heteroatoms. The van der Waals surface area contributed by atoms with Crippen LogP contribution < -0.4 is 4.90 Å². The van der Waals surface area contributed by atoms with E-state index in [0.29, 0.717) is 42.9 Å². The molecule has 1 aliphatic rings. The molecule has 0 unspecified atom stereocenters. The molecule has 1 aliphatic heterocycles. The predicted molar refractivity (Wildman–Crippen MR) is 122 cm³/mol. The second-order valence-corrected chi connectivity index (χ2v) is 8.07. The molecule has 0 bridgehead atoms. The zero-order valence-electron chi connectivity index (χ0n) is 19.3. The summed E-state index contributed by atoms with van der Waals surface area (Å²) in [6.45, 7) is 4.84. The Morgan fingerprint density at radius 1 is 0.971 bits per heavy atom. The highest BCUT2D eigenvalue weighted by Crippen LogP contribution is 2.29. The fraction of sp³-hybridized carbons (Fsp3) is 0.375. The number of benzene rings is 1. The summed E-state index contributed by atoms with van der Waals surface area (Å²) in [4.78, 5) is 41.9. The number of aryl methyl sites for hydroxylation is 1. The van der Waals surface area contributed by atoms with Crippen LogP contribution in [-0.4, -0.2) is 64.5 Å². The van der Waals surface area contributed by atoms with Gasteiger partial charge in [-0.05, 0) is 44.5 Å². The molecule has 1 fully saturated rings. The van der Waals surface area contributed by atoms with Crippen molar-refractivity contribution in [2.45, 2.75) is 26.4 Å². The predicted octanol–water partition coefficient (Wildman–Crippen LogP) is 3.88. The van der Waals surface area contributed by atoms with Crippen molar-refractivity contribution in [3.8, 4) is 0 Å². The fourth-order valence-corrected chi connectivity index (χ4v) is 4.00. The van der Waals surface area contributed by atoms with Gasteiger partial charge in [-0.1, -0.05) is 12.1 Å². The summed E-state index contributed by atoms with van der Waals surface area (Å²) in [5, 5.41) is 0. The molecule has 0 atom stereocenters. The van der Waals surface area contributed by atoms with Gasteiger partial charge in [-0.15, -0.1) is 0 Å². The normalized spacial score (nSPS) is 14.7. The maximum Gasteiger partial charge on any atom is 0.433 e. The third-order valence-corrected chi connectivity index (χ3v) is 5.71. The van der Waals surface area contributed by atoms with Crippen molar-refractivity contribution in [1.82, 2.24) is 19.9 Å². The first-order chi connectivity index (χ1) is 16.7. The summed E-state index contributed by atoms with van der Waals surface area (Å²) in [6, 6.07) is 9.19. The van der Waals surface area contributed by atoms with Crippen LogP contribution in [0.25, 0.3) is 11.0 Å². The molecule has 4 rings (SSSR count). The van der Waals surface area contributed by atoms with E-state index in [4.69, 9.17) is 4.74 Å². The minimum Gasteiger partial charge on any atom is -0.461 e. The van der Waals surface area contributed by atoms with Crippen molar-refractivity contribution >= 4 is 28.7 Å². The summed E-state index contributed by atoms with van der Waals surface area (Å²) >= 11 is 0. The third-order valence-electron chi connectivity index (χ3n) is 5.71. The zero-order chi connectivity index (χ0) is 25.2. The van der Waals surface area contributed by atoms with Crippen LogP contribution in [0.2, 0.25) is 0 Å². The summed E-state index contributed by atoms with van der Waals surface area (Å²) in [5.74, 6) is -0.589. The largest absolute Gasteiger partial charge is 0.461 e. The number of aromatic nitrogens is 3. The van der Waals surface area contributed by atoms with Crippen LogP contribution in [0, 0.1) is 6.92 Å². The van der Waals surface area contributed by atoms with Crippen LogP contribution >= 0.6 is 0 Å². The molecule has 35 heavy (non-hydrogen) atoms. The smallest absolute Gasteiger partial charge is 0.433 e. The Balaban J connectivity index is 1.58. The first kappa shape index (κ1) is 24.4. The molecule has 3 heterocycles. The van der Waals surface area contributed by atoms with E-state index in [1.165, 1.54) is 13.0 Å². The van der Waals surface area contributed by atoms with Crippen molar-refractivity contribution in [3.63, 3.8) is 0 Å². The lowest BCUT2D eigenvalue weighted by Gasteiger charge is -2.24. The molecule has 1 amide bonds. The number of carbonyl (C=O) groups excluding carboxylic acids is 2. The molecule has 1 saturated heterocycles. The molecule has 0 radical (unpaired) electrons. The second-order valence-electron chi connectivity index (χ2n) is 8.07. The number of rotatable bonds is 4. The van der Waals surface area contributed by atoms with Gasteiger partial charge in [0.15, 0.2) is 11.5 Å². The maximum atomic E-state index is 13.1.